The molecule has 0 radical (unpaired) electrons. The molecule has 1 aromatic carbocycles. The highest BCUT2D eigenvalue weighted by Gasteiger charge is 2.52. The van der Waals surface area contributed by atoms with Gasteiger partial charge in [0, 0.05) is 35.2 Å². The fourth-order valence-corrected chi connectivity index (χ4v) is 3.68. The van der Waals surface area contributed by atoms with Crippen LogP contribution in [0.1, 0.15) is 65.2 Å². The summed E-state index contributed by atoms with van der Waals surface area (Å²) in [5, 5.41) is 3.48. The van der Waals surface area contributed by atoms with Crippen LogP contribution in [0, 0.1) is 0 Å². The largest absolute Gasteiger partial charge is 0.496 e. The van der Waals surface area contributed by atoms with Crippen molar-refractivity contribution in [2.75, 3.05) is 13.1 Å². The number of likely N-dealkylation sites (tertiary alicyclic amines) is 1. The van der Waals surface area contributed by atoms with Gasteiger partial charge in [-0.2, -0.15) is 0 Å². The van der Waals surface area contributed by atoms with Gasteiger partial charge in [-0.1, -0.05) is 11.6 Å². The lowest BCUT2D eigenvalue weighted by Gasteiger charge is -2.32. The first-order chi connectivity index (χ1) is 14.2. The Bertz CT molecular complexity index is 852. The van der Waals surface area contributed by atoms with Crippen LogP contribution in [0.25, 0.3) is 0 Å². The molecule has 170 valence electrons. The molecule has 2 heterocycles. The number of carbonyl (C=O) groups is 2. The van der Waals surface area contributed by atoms with E-state index < -0.39 is 23.9 Å². The number of nitrogens with zero attached hydrogens (tertiary/aromatic N) is 1. The average molecular weight is 451 g/mol. The van der Waals surface area contributed by atoms with Crippen LogP contribution in [0.15, 0.2) is 18.2 Å². The molecule has 2 amide bonds. The van der Waals surface area contributed by atoms with Crippen LogP contribution >= 0.6 is 11.6 Å². The SMILES string of the molecule is CC(C)(C)OC(=O)N1CCC(NC(=O)c2ccc(Cl)c(B3OC(C)(C)C(C)(C)O3)c2)C1. The lowest BCUT2D eigenvalue weighted by molar-refractivity contribution is 0.00578. The molecule has 2 aliphatic rings. The first kappa shape index (κ1) is 23.9. The number of halogens is 1. The Morgan fingerprint density at radius 3 is 2.39 bits per heavy atom. The first-order valence-electron chi connectivity index (χ1n) is 10.6. The first-order valence-corrected chi connectivity index (χ1v) is 11.0. The molecule has 2 aliphatic heterocycles. The number of amides is 2. The third kappa shape index (κ3) is 5.36. The van der Waals surface area contributed by atoms with E-state index in [1.807, 2.05) is 48.5 Å². The van der Waals surface area contributed by atoms with Gasteiger partial charge in [-0.25, -0.2) is 4.79 Å². The van der Waals surface area contributed by atoms with Crippen LogP contribution in [0.5, 0.6) is 0 Å². The molecular formula is C22H32BClN2O5. The van der Waals surface area contributed by atoms with Crippen molar-refractivity contribution in [2.45, 2.75) is 77.7 Å². The maximum absolute atomic E-state index is 12.9. The van der Waals surface area contributed by atoms with E-state index in [0.717, 1.165) is 0 Å². The number of hydrogen-bond acceptors (Lipinski definition) is 5. The molecule has 1 aromatic rings. The summed E-state index contributed by atoms with van der Waals surface area (Å²) in [5.74, 6) is -0.231. The van der Waals surface area contributed by atoms with Gasteiger partial charge in [0.25, 0.3) is 5.91 Å². The quantitative estimate of drug-likeness (QED) is 0.714. The van der Waals surface area contributed by atoms with Gasteiger partial charge in [-0.3, -0.25) is 4.79 Å². The van der Waals surface area contributed by atoms with Crippen LogP contribution in [0.3, 0.4) is 0 Å². The zero-order valence-corrected chi connectivity index (χ0v) is 20.1. The zero-order chi connectivity index (χ0) is 23.2. The number of rotatable bonds is 3. The summed E-state index contributed by atoms with van der Waals surface area (Å²) in [6, 6.07) is 4.92. The fourth-order valence-electron chi connectivity index (χ4n) is 3.47. The summed E-state index contributed by atoms with van der Waals surface area (Å²) < 4.78 is 17.6. The Morgan fingerprint density at radius 1 is 1.19 bits per heavy atom. The van der Waals surface area contributed by atoms with Crippen LogP contribution < -0.4 is 10.8 Å². The van der Waals surface area contributed by atoms with Crippen molar-refractivity contribution in [1.29, 1.82) is 0 Å². The van der Waals surface area contributed by atoms with Crippen molar-refractivity contribution in [3.63, 3.8) is 0 Å². The molecule has 1 N–H and O–H groups in total. The van der Waals surface area contributed by atoms with E-state index in [1.165, 1.54) is 0 Å². The minimum atomic E-state index is -0.653. The summed E-state index contributed by atoms with van der Waals surface area (Å²) in [7, 11) is -0.653. The monoisotopic (exact) mass is 450 g/mol. The minimum Gasteiger partial charge on any atom is -0.444 e. The maximum atomic E-state index is 12.9. The smallest absolute Gasteiger partial charge is 0.444 e. The number of nitrogens with one attached hydrogen (secondary N) is 1. The predicted octanol–water partition coefficient (Wildman–Crippen LogP) is 3.38. The Hall–Kier alpha value is -1.77. The number of benzene rings is 1. The molecule has 2 fully saturated rings. The third-order valence-electron chi connectivity index (χ3n) is 5.94. The van der Waals surface area contributed by atoms with Gasteiger partial charge in [0.15, 0.2) is 0 Å². The van der Waals surface area contributed by atoms with E-state index in [-0.39, 0.29) is 18.0 Å². The molecule has 1 atom stereocenters. The molecule has 31 heavy (non-hydrogen) atoms. The third-order valence-corrected chi connectivity index (χ3v) is 6.28. The fraction of sp³-hybridized carbons (Fsp3) is 0.636. The molecule has 2 saturated heterocycles. The van der Waals surface area contributed by atoms with E-state index in [0.29, 0.717) is 35.6 Å². The van der Waals surface area contributed by atoms with Gasteiger partial charge in [0.05, 0.1) is 11.2 Å². The second-order valence-electron chi connectivity index (χ2n) is 10.2. The molecule has 0 bridgehead atoms. The van der Waals surface area contributed by atoms with Crippen LogP contribution in [-0.2, 0) is 14.0 Å². The van der Waals surface area contributed by atoms with Crippen molar-refractivity contribution in [2.24, 2.45) is 0 Å². The molecule has 0 spiro atoms. The molecule has 0 saturated carbocycles. The van der Waals surface area contributed by atoms with Crippen molar-refractivity contribution in [1.82, 2.24) is 10.2 Å². The normalized spacial score (nSPS) is 22.5. The van der Waals surface area contributed by atoms with Gasteiger partial charge >= 0.3 is 13.2 Å². The molecule has 1 unspecified atom stereocenters. The molecule has 0 aliphatic carbocycles. The van der Waals surface area contributed by atoms with Gasteiger partial charge in [-0.15, -0.1) is 0 Å². The molecule has 7 nitrogen and oxygen atoms in total. The number of carbonyl (C=O) groups excluding carboxylic acids is 2. The van der Waals surface area contributed by atoms with E-state index in [2.05, 4.69) is 5.32 Å². The highest BCUT2D eigenvalue weighted by atomic mass is 35.5. The number of hydrogen-bond donors (Lipinski definition) is 1. The Morgan fingerprint density at radius 2 is 1.81 bits per heavy atom. The summed E-state index contributed by atoms with van der Waals surface area (Å²) in [6.45, 7) is 14.3. The highest BCUT2D eigenvalue weighted by Crippen LogP contribution is 2.37. The van der Waals surface area contributed by atoms with Crippen LogP contribution in [-0.4, -0.2) is 60.0 Å². The topological polar surface area (TPSA) is 77.1 Å². The van der Waals surface area contributed by atoms with E-state index in [9.17, 15) is 9.59 Å². The Balaban J connectivity index is 1.66. The lowest BCUT2D eigenvalue weighted by Crippen LogP contribution is -2.41. The highest BCUT2D eigenvalue weighted by molar-refractivity contribution is 6.65. The molecule has 0 aromatic heterocycles. The van der Waals surface area contributed by atoms with E-state index >= 15 is 0 Å². The zero-order valence-electron chi connectivity index (χ0n) is 19.4. The molecule has 3 rings (SSSR count). The van der Waals surface area contributed by atoms with Crippen molar-refractivity contribution in [3.8, 4) is 0 Å². The Kier molecular flexibility index (Phi) is 6.40. The summed E-state index contributed by atoms with van der Waals surface area (Å²) in [5.41, 5.74) is -0.478. The predicted molar refractivity (Wildman–Crippen MR) is 121 cm³/mol. The van der Waals surface area contributed by atoms with Gasteiger partial charge in [0.2, 0.25) is 0 Å². The minimum absolute atomic E-state index is 0.143. The second-order valence-corrected chi connectivity index (χ2v) is 10.6. The van der Waals surface area contributed by atoms with Gasteiger partial charge in [-0.05, 0) is 73.1 Å². The summed E-state index contributed by atoms with van der Waals surface area (Å²) >= 11 is 6.39. The van der Waals surface area contributed by atoms with Crippen molar-refractivity contribution >= 4 is 36.2 Å². The van der Waals surface area contributed by atoms with E-state index in [1.54, 1.807) is 23.1 Å². The van der Waals surface area contributed by atoms with Crippen molar-refractivity contribution < 1.29 is 23.6 Å². The van der Waals surface area contributed by atoms with Gasteiger partial charge in [0.1, 0.15) is 5.60 Å². The van der Waals surface area contributed by atoms with E-state index in [4.69, 9.17) is 25.6 Å². The molecular weight excluding hydrogens is 419 g/mol. The maximum Gasteiger partial charge on any atom is 0.496 e. The standard InChI is InChI=1S/C22H32BClN2O5/c1-20(2,3)29-19(28)26-11-10-15(13-26)25-18(27)14-8-9-17(24)16(12-14)23-30-21(4,5)22(6,7)31-23/h8-9,12,15H,10-11,13H2,1-7H3,(H,25,27). The molecule has 9 heteroatoms. The summed E-state index contributed by atoms with van der Waals surface area (Å²) in [6.07, 6.45) is 0.307. The van der Waals surface area contributed by atoms with Crippen LogP contribution in [0.2, 0.25) is 5.02 Å². The number of ether oxygens (including phenoxy) is 1. The van der Waals surface area contributed by atoms with Crippen molar-refractivity contribution in [3.05, 3.63) is 28.8 Å². The van der Waals surface area contributed by atoms with Gasteiger partial charge < -0.3 is 24.3 Å². The average Bonchev–Trinajstić information content (AvgIpc) is 3.16. The lowest BCUT2D eigenvalue weighted by atomic mass is 9.78. The van der Waals surface area contributed by atoms with Crippen LogP contribution in [0.4, 0.5) is 4.79 Å². The second kappa shape index (κ2) is 8.30. The Labute approximate surface area is 189 Å². The summed E-state index contributed by atoms with van der Waals surface area (Å²) in [4.78, 5) is 26.7.